The van der Waals surface area contributed by atoms with Crippen LogP contribution in [0.4, 0.5) is 0 Å². The summed E-state index contributed by atoms with van der Waals surface area (Å²) in [5, 5.41) is 0.266. The van der Waals surface area contributed by atoms with Gasteiger partial charge in [-0.15, -0.1) is 0 Å². The Bertz CT molecular complexity index is 498. The van der Waals surface area contributed by atoms with Crippen molar-refractivity contribution in [2.75, 3.05) is 6.61 Å². The lowest BCUT2D eigenvalue weighted by molar-refractivity contribution is -0.150. The second-order valence-corrected chi connectivity index (χ2v) is 17.5. The molecule has 0 spiro atoms. The first-order valence-electron chi connectivity index (χ1n) is 14.4. The molecule has 0 aliphatic carbocycles. The summed E-state index contributed by atoms with van der Waals surface area (Å²) < 4.78 is 19.1. The molecule has 1 rings (SSSR count). The molecular weight excluding hydrogens is 424 g/mol. The monoisotopic (exact) mass is 484 g/mol. The molecule has 4 heteroatoms. The molecule has 0 amide bonds. The molecule has 3 atom stereocenters. The van der Waals surface area contributed by atoms with Gasteiger partial charge in [-0.05, 0) is 50.7 Å². The lowest BCUT2D eigenvalue weighted by Gasteiger charge is -2.36. The Morgan fingerprint density at radius 2 is 1.30 bits per heavy atom. The SMILES string of the molecule is CCCCCCCCCCCCCCC1OC(C)(C)O[C@H]1[C@@H](C)CCO[Si](C)(C)C(C)(C)C. The highest BCUT2D eigenvalue weighted by Gasteiger charge is 2.43. The van der Waals surface area contributed by atoms with E-state index in [-0.39, 0.29) is 17.2 Å². The molecule has 198 valence electrons. The average molecular weight is 485 g/mol. The van der Waals surface area contributed by atoms with Crippen molar-refractivity contribution in [2.45, 2.75) is 174 Å². The first kappa shape index (κ1) is 31.1. The maximum absolute atomic E-state index is 6.43. The zero-order valence-corrected chi connectivity index (χ0v) is 25.1. The second kappa shape index (κ2) is 15.3. The van der Waals surface area contributed by atoms with Crippen molar-refractivity contribution in [2.24, 2.45) is 5.92 Å². The number of ether oxygens (including phenoxy) is 2. The van der Waals surface area contributed by atoms with Crippen molar-refractivity contribution in [1.29, 1.82) is 0 Å². The van der Waals surface area contributed by atoms with Crippen LogP contribution in [-0.2, 0) is 13.9 Å². The van der Waals surface area contributed by atoms with Gasteiger partial charge >= 0.3 is 0 Å². The first-order chi connectivity index (χ1) is 15.4. The quantitative estimate of drug-likeness (QED) is 0.143. The predicted octanol–water partition coefficient (Wildman–Crippen LogP) is 9.65. The molecule has 1 fully saturated rings. The molecule has 0 aromatic rings. The van der Waals surface area contributed by atoms with Crippen LogP contribution in [-0.4, -0.2) is 32.9 Å². The Kier molecular flexibility index (Phi) is 14.4. The highest BCUT2D eigenvalue weighted by atomic mass is 28.4. The van der Waals surface area contributed by atoms with Crippen LogP contribution in [0.25, 0.3) is 0 Å². The summed E-state index contributed by atoms with van der Waals surface area (Å²) in [7, 11) is -1.68. The van der Waals surface area contributed by atoms with Crippen molar-refractivity contribution < 1.29 is 13.9 Å². The molecule has 33 heavy (non-hydrogen) atoms. The van der Waals surface area contributed by atoms with Crippen LogP contribution < -0.4 is 0 Å². The third kappa shape index (κ3) is 12.6. The van der Waals surface area contributed by atoms with Gasteiger partial charge in [-0.3, -0.25) is 0 Å². The summed E-state index contributed by atoms with van der Waals surface area (Å²) in [5.41, 5.74) is 0. The van der Waals surface area contributed by atoms with E-state index in [0.717, 1.165) is 19.4 Å². The van der Waals surface area contributed by atoms with Gasteiger partial charge in [0.2, 0.25) is 0 Å². The highest BCUT2D eigenvalue weighted by molar-refractivity contribution is 6.74. The van der Waals surface area contributed by atoms with E-state index < -0.39 is 14.1 Å². The fourth-order valence-corrected chi connectivity index (χ4v) is 5.70. The standard InChI is InChI=1S/C29H60O3Si/c1-10-11-12-13-14-15-16-17-18-19-20-21-22-26-27(32-29(6,7)31-26)25(2)23-24-30-33(8,9)28(3,4)5/h25-27H,10-24H2,1-9H3/t25-,26?,27-/m0/s1. The van der Waals surface area contributed by atoms with Gasteiger partial charge in [0, 0.05) is 6.61 Å². The number of rotatable bonds is 18. The Morgan fingerprint density at radius 3 is 1.79 bits per heavy atom. The minimum absolute atomic E-state index is 0.190. The van der Waals surface area contributed by atoms with Crippen LogP contribution in [0, 0.1) is 5.92 Å². The summed E-state index contributed by atoms with van der Waals surface area (Å²) in [4.78, 5) is 0. The zero-order valence-electron chi connectivity index (χ0n) is 24.1. The van der Waals surface area contributed by atoms with E-state index in [2.05, 4.69) is 61.6 Å². The van der Waals surface area contributed by atoms with E-state index in [1.807, 2.05) is 0 Å². The van der Waals surface area contributed by atoms with E-state index in [1.165, 1.54) is 77.0 Å². The third-order valence-corrected chi connectivity index (χ3v) is 12.5. The lowest BCUT2D eigenvalue weighted by Crippen LogP contribution is -2.41. The van der Waals surface area contributed by atoms with Gasteiger partial charge < -0.3 is 13.9 Å². The molecule has 1 saturated heterocycles. The number of hydrogen-bond acceptors (Lipinski definition) is 3. The van der Waals surface area contributed by atoms with Gasteiger partial charge in [-0.25, -0.2) is 0 Å². The summed E-state index contributed by atoms with van der Waals surface area (Å²) in [5.74, 6) is -0.0000449. The lowest BCUT2D eigenvalue weighted by atomic mass is 9.93. The maximum Gasteiger partial charge on any atom is 0.191 e. The summed E-state index contributed by atoms with van der Waals surface area (Å²) >= 11 is 0. The van der Waals surface area contributed by atoms with Crippen molar-refractivity contribution in [1.82, 2.24) is 0 Å². The van der Waals surface area contributed by atoms with Crippen LogP contribution in [0.3, 0.4) is 0 Å². The van der Waals surface area contributed by atoms with Crippen molar-refractivity contribution in [3.63, 3.8) is 0 Å². The minimum Gasteiger partial charge on any atom is -0.417 e. The molecule has 0 aromatic carbocycles. The zero-order chi connectivity index (χ0) is 25.0. The molecule has 0 aromatic heterocycles. The second-order valence-electron chi connectivity index (χ2n) is 12.7. The van der Waals surface area contributed by atoms with E-state index in [0.29, 0.717) is 5.92 Å². The summed E-state index contributed by atoms with van der Waals surface area (Å²) in [6, 6.07) is 0. The van der Waals surface area contributed by atoms with Gasteiger partial charge in [0.05, 0.1) is 12.2 Å². The molecule has 1 aliphatic heterocycles. The Labute approximate surface area is 209 Å². The van der Waals surface area contributed by atoms with Crippen molar-refractivity contribution in [3.05, 3.63) is 0 Å². The molecule has 3 nitrogen and oxygen atoms in total. The van der Waals surface area contributed by atoms with Gasteiger partial charge in [-0.1, -0.05) is 112 Å². The number of unbranched alkanes of at least 4 members (excludes halogenated alkanes) is 11. The Balaban J connectivity index is 2.24. The summed E-state index contributed by atoms with van der Waals surface area (Å²) in [6.07, 6.45) is 19.3. The molecule has 0 saturated carbocycles. The smallest absolute Gasteiger partial charge is 0.191 e. The van der Waals surface area contributed by atoms with Crippen LogP contribution in [0.1, 0.15) is 138 Å². The number of hydrogen-bond donors (Lipinski definition) is 0. The Morgan fingerprint density at radius 1 is 0.818 bits per heavy atom. The van der Waals surface area contributed by atoms with E-state index in [4.69, 9.17) is 13.9 Å². The molecule has 1 aliphatic rings. The van der Waals surface area contributed by atoms with E-state index >= 15 is 0 Å². The third-order valence-electron chi connectivity index (χ3n) is 7.97. The fourth-order valence-electron chi connectivity index (χ4n) is 4.64. The van der Waals surface area contributed by atoms with Gasteiger partial charge in [0.25, 0.3) is 0 Å². The van der Waals surface area contributed by atoms with Crippen molar-refractivity contribution in [3.8, 4) is 0 Å². The van der Waals surface area contributed by atoms with Gasteiger partial charge in [0.15, 0.2) is 14.1 Å². The molecule has 0 bridgehead atoms. The van der Waals surface area contributed by atoms with E-state index in [9.17, 15) is 0 Å². The first-order valence-corrected chi connectivity index (χ1v) is 17.3. The van der Waals surface area contributed by atoms with Crippen LogP contribution in [0.15, 0.2) is 0 Å². The fraction of sp³-hybridized carbons (Fsp3) is 1.00. The molecular formula is C29H60O3Si. The molecule has 1 unspecified atom stereocenters. The highest BCUT2D eigenvalue weighted by Crippen LogP contribution is 2.38. The van der Waals surface area contributed by atoms with Crippen molar-refractivity contribution >= 4 is 8.32 Å². The van der Waals surface area contributed by atoms with Gasteiger partial charge in [-0.2, -0.15) is 0 Å². The topological polar surface area (TPSA) is 27.7 Å². The van der Waals surface area contributed by atoms with Crippen LogP contribution in [0.5, 0.6) is 0 Å². The molecule has 0 N–H and O–H groups in total. The minimum atomic E-state index is -1.68. The average Bonchev–Trinajstić information content (AvgIpc) is 3.02. The summed E-state index contributed by atoms with van der Waals surface area (Å²) in [6.45, 7) is 21.2. The van der Waals surface area contributed by atoms with Gasteiger partial charge in [0.1, 0.15) is 0 Å². The van der Waals surface area contributed by atoms with Crippen LogP contribution >= 0.6 is 0 Å². The molecule has 1 heterocycles. The predicted molar refractivity (Wildman–Crippen MR) is 146 cm³/mol. The largest absolute Gasteiger partial charge is 0.417 e. The Hall–Kier alpha value is 0.0969. The van der Waals surface area contributed by atoms with Crippen LogP contribution in [0.2, 0.25) is 18.1 Å². The molecule has 0 radical (unpaired) electrons. The normalized spacial score (nSPS) is 22.1. The van der Waals surface area contributed by atoms with E-state index in [1.54, 1.807) is 0 Å². The maximum atomic E-state index is 6.43.